The Morgan fingerprint density at radius 3 is 2.90 bits per heavy atom. The average molecular weight is 271 g/mol. The molecule has 1 unspecified atom stereocenters. The van der Waals surface area contributed by atoms with Gasteiger partial charge in [0.1, 0.15) is 0 Å². The lowest BCUT2D eigenvalue weighted by Crippen LogP contribution is -2.44. The Labute approximate surface area is 120 Å². The van der Waals surface area contributed by atoms with E-state index in [0.29, 0.717) is 13.0 Å². The Balaban J connectivity index is 1.97. The Kier molecular flexibility index (Phi) is 5.14. The molecule has 0 bridgehead atoms. The summed E-state index contributed by atoms with van der Waals surface area (Å²) >= 11 is 0. The van der Waals surface area contributed by atoms with Gasteiger partial charge in [0.15, 0.2) is 0 Å². The average Bonchev–Trinajstić information content (AvgIpc) is 2.93. The molecule has 0 radical (unpaired) electrons. The highest BCUT2D eigenvalue weighted by molar-refractivity contribution is 5.82. The molecule has 20 heavy (non-hydrogen) atoms. The Hall–Kier alpha value is -1.86. The summed E-state index contributed by atoms with van der Waals surface area (Å²) in [6, 6.07) is 12.3. The van der Waals surface area contributed by atoms with Gasteiger partial charge in [-0.25, -0.2) is 0 Å². The monoisotopic (exact) mass is 271 g/mol. The zero-order valence-corrected chi connectivity index (χ0v) is 12.0. The summed E-state index contributed by atoms with van der Waals surface area (Å²) in [5.74, 6) is 0.147. The number of likely N-dealkylation sites (tertiary alicyclic amines) is 1. The summed E-state index contributed by atoms with van der Waals surface area (Å²) in [4.78, 5) is 16.4. The molecule has 106 valence electrons. The molecule has 4 heteroatoms. The van der Waals surface area contributed by atoms with Gasteiger partial charge in [-0.3, -0.25) is 9.69 Å². The lowest BCUT2D eigenvalue weighted by molar-refractivity contribution is -0.134. The topological polar surface area (TPSA) is 47.3 Å². The van der Waals surface area contributed by atoms with Gasteiger partial charge in [0.2, 0.25) is 5.91 Å². The molecule has 4 nitrogen and oxygen atoms in total. The lowest BCUT2D eigenvalue weighted by Gasteiger charge is -2.27. The zero-order chi connectivity index (χ0) is 14.4. The number of likely N-dealkylation sites (N-methyl/N-ethyl adjacent to an activating group) is 1. The number of nitrogens with zero attached hydrogens (tertiary/aromatic N) is 3. The minimum Gasteiger partial charge on any atom is -0.343 e. The normalized spacial score (nSPS) is 18.7. The van der Waals surface area contributed by atoms with Crippen LogP contribution in [0.5, 0.6) is 0 Å². The molecule has 1 aliphatic heterocycles. The SMILES string of the molecule is CN(CCC#N)C(=O)C1CCCN1Cc1ccccc1. The molecule has 0 N–H and O–H groups in total. The number of nitriles is 1. The predicted molar refractivity (Wildman–Crippen MR) is 77.7 cm³/mol. The second kappa shape index (κ2) is 7.06. The summed E-state index contributed by atoms with van der Waals surface area (Å²) in [6.45, 7) is 2.31. The standard InChI is InChI=1S/C16H21N3O/c1-18(11-6-10-17)16(20)15-9-5-12-19(15)13-14-7-3-2-4-8-14/h2-4,7-8,15H,5-6,9,11-13H2,1H3. The van der Waals surface area contributed by atoms with Crippen LogP contribution in [0.2, 0.25) is 0 Å². The van der Waals surface area contributed by atoms with Crippen LogP contribution >= 0.6 is 0 Å². The largest absolute Gasteiger partial charge is 0.343 e. The van der Waals surface area contributed by atoms with Crippen LogP contribution in [0.15, 0.2) is 30.3 Å². The van der Waals surface area contributed by atoms with Crippen molar-refractivity contribution in [1.29, 1.82) is 5.26 Å². The second-order valence-corrected chi connectivity index (χ2v) is 5.28. The molecular formula is C16H21N3O. The molecule has 1 amide bonds. The minimum atomic E-state index is -0.0288. The van der Waals surface area contributed by atoms with Crippen LogP contribution in [0.1, 0.15) is 24.8 Å². The second-order valence-electron chi connectivity index (χ2n) is 5.28. The van der Waals surface area contributed by atoms with Gasteiger partial charge in [0, 0.05) is 20.1 Å². The third-order valence-electron chi connectivity index (χ3n) is 3.81. The van der Waals surface area contributed by atoms with E-state index in [0.717, 1.165) is 25.9 Å². The fourth-order valence-corrected chi connectivity index (χ4v) is 2.70. The summed E-state index contributed by atoms with van der Waals surface area (Å²) < 4.78 is 0. The van der Waals surface area contributed by atoms with E-state index >= 15 is 0 Å². The molecule has 1 heterocycles. The van der Waals surface area contributed by atoms with E-state index < -0.39 is 0 Å². The third kappa shape index (κ3) is 3.58. The van der Waals surface area contributed by atoms with Crippen molar-refractivity contribution in [3.05, 3.63) is 35.9 Å². The molecule has 0 saturated carbocycles. The number of carbonyl (C=O) groups excluding carboxylic acids is 1. The van der Waals surface area contributed by atoms with Crippen molar-refractivity contribution < 1.29 is 4.79 Å². The van der Waals surface area contributed by atoms with Crippen LogP contribution in [0.3, 0.4) is 0 Å². The summed E-state index contributed by atoms with van der Waals surface area (Å²) in [5.41, 5.74) is 1.24. The third-order valence-corrected chi connectivity index (χ3v) is 3.81. The van der Waals surface area contributed by atoms with Crippen molar-refractivity contribution in [2.24, 2.45) is 0 Å². The van der Waals surface area contributed by atoms with Crippen molar-refractivity contribution in [1.82, 2.24) is 9.80 Å². The van der Waals surface area contributed by atoms with E-state index in [2.05, 4.69) is 23.1 Å². The molecule has 1 fully saturated rings. The molecular weight excluding hydrogens is 250 g/mol. The van der Waals surface area contributed by atoms with E-state index in [4.69, 9.17) is 5.26 Å². The van der Waals surface area contributed by atoms with Gasteiger partial charge < -0.3 is 4.90 Å². The molecule has 0 aromatic heterocycles. The van der Waals surface area contributed by atoms with Crippen LogP contribution < -0.4 is 0 Å². The number of amides is 1. The van der Waals surface area contributed by atoms with E-state index in [-0.39, 0.29) is 11.9 Å². The first-order valence-electron chi connectivity index (χ1n) is 7.12. The number of rotatable bonds is 5. The summed E-state index contributed by atoms with van der Waals surface area (Å²) in [5, 5.41) is 8.61. The van der Waals surface area contributed by atoms with Crippen molar-refractivity contribution in [3.8, 4) is 6.07 Å². The van der Waals surface area contributed by atoms with Crippen molar-refractivity contribution in [2.75, 3.05) is 20.1 Å². The highest BCUT2D eigenvalue weighted by Crippen LogP contribution is 2.21. The Bertz CT molecular complexity index is 480. The highest BCUT2D eigenvalue weighted by atomic mass is 16.2. The fraction of sp³-hybridized carbons (Fsp3) is 0.500. The van der Waals surface area contributed by atoms with Crippen LogP contribution in [0.25, 0.3) is 0 Å². The van der Waals surface area contributed by atoms with Gasteiger partial charge in [-0.1, -0.05) is 30.3 Å². The summed E-state index contributed by atoms with van der Waals surface area (Å²) in [6.07, 6.45) is 2.38. The van der Waals surface area contributed by atoms with Crippen molar-refractivity contribution >= 4 is 5.91 Å². The van der Waals surface area contributed by atoms with E-state index in [1.807, 2.05) is 18.2 Å². The van der Waals surface area contributed by atoms with Crippen molar-refractivity contribution in [2.45, 2.75) is 31.8 Å². The first-order valence-corrected chi connectivity index (χ1v) is 7.12. The maximum absolute atomic E-state index is 12.4. The van der Waals surface area contributed by atoms with E-state index in [1.165, 1.54) is 5.56 Å². The van der Waals surface area contributed by atoms with Gasteiger partial charge in [-0.15, -0.1) is 0 Å². The number of hydrogen-bond acceptors (Lipinski definition) is 3. The molecule has 2 rings (SSSR count). The quantitative estimate of drug-likeness (QED) is 0.823. The molecule has 1 aliphatic rings. The number of benzene rings is 1. The molecule has 1 aromatic rings. The molecule has 1 aromatic carbocycles. The molecule has 1 atom stereocenters. The smallest absolute Gasteiger partial charge is 0.239 e. The fourth-order valence-electron chi connectivity index (χ4n) is 2.70. The maximum Gasteiger partial charge on any atom is 0.239 e. The van der Waals surface area contributed by atoms with E-state index in [1.54, 1.807) is 11.9 Å². The van der Waals surface area contributed by atoms with Crippen LogP contribution in [-0.2, 0) is 11.3 Å². The Morgan fingerprint density at radius 1 is 1.45 bits per heavy atom. The minimum absolute atomic E-state index is 0.0288. The lowest BCUT2D eigenvalue weighted by atomic mass is 10.1. The molecule has 1 saturated heterocycles. The van der Waals surface area contributed by atoms with Gasteiger partial charge in [0.25, 0.3) is 0 Å². The van der Waals surface area contributed by atoms with Gasteiger partial charge in [0.05, 0.1) is 18.5 Å². The Morgan fingerprint density at radius 2 is 2.20 bits per heavy atom. The molecule has 0 spiro atoms. The predicted octanol–water partition coefficient (Wildman–Crippen LogP) is 2.02. The van der Waals surface area contributed by atoms with Crippen LogP contribution in [0, 0.1) is 11.3 Å². The zero-order valence-electron chi connectivity index (χ0n) is 12.0. The number of carbonyl (C=O) groups is 1. The van der Waals surface area contributed by atoms with Gasteiger partial charge >= 0.3 is 0 Å². The van der Waals surface area contributed by atoms with Crippen LogP contribution in [0.4, 0.5) is 0 Å². The first kappa shape index (κ1) is 14.5. The highest BCUT2D eigenvalue weighted by Gasteiger charge is 2.32. The first-order chi connectivity index (χ1) is 9.72. The summed E-state index contributed by atoms with van der Waals surface area (Å²) in [7, 11) is 1.79. The van der Waals surface area contributed by atoms with Gasteiger partial charge in [-0.2, -0.15) is 5.26 Å². The van der Waals surface area contributed by atoms with Crippen LogP contribution in [-0.4, -0.2) is 41.9 Å². The maximum atomic E-state index is 12.4. The van der Waals surface area contributed by atoms with Gasteiger partial charge in [-0.05, 0) is 24.9 Å². The number of hydrogen-bond donors (Lipinski definition) is 0. The van der Waals surface area contributed by atoms with E-state index in [9.17, 15) is 4.79 Å². The van der Waals surface area contributed by atoms with Crippen molar-refractivity contribution in [3.63, 3.8) is 0 Å². The molecule has 0 aliphatic carbocycles.